The van der Waals surface area contributed by atoms with E-state index in [1.165, 1.54) is 13.2 Å². The Balaban J connectivity index is 2.94. The zero-order chi connectivity index (χ0) is 9.84. The van der Waals surface area contributed by atoms with E-state index in [0.29, 0.717) is 11.4 Å². The highest BCUT2D eigenvalue weighted by molar-refractivity contribution is 6.29. The van der Waals surface area contributed by atoms with Gasteiger partial charge in [0, 0.05) is 6.07 Å². The van der Waals surface area contributed by atoms with Crippen LogP contribution in [0.3, 0.4) is 0 Å². The molecule has 13 heavy (non-hydrogen) atoms. The minimum atomic E-state index is -0.913. The van der Waals surface area contributed by atoms with Gasteiger partial charge in [-0.2, -0.15) is 0 Å². The molecule has 0 aliphatic carbocycles. The summed E-state index contributed by atoms with van der Waals surface area (Å²) in [5.74, 6) is -0.590. The summed E-state index contributed by atoms with van der Waals surface area (Å²) >= 11 is 5.63. The maximum atomic E-state index is 10.4. The highest BCUT2D eigenvalue weighted by atomic mass is 35.5. The van der Waals surface area contributed by atoms with Gasteiger partial charge in [-0.05, 0) is 11.6 Å². The molecule has 0 aliphatic rings. The molecule has 0 atom stereocenters. The molecule has 0 bridgehead atoms. The maximum absolute atomic E-state index is 10.4. The van der Waals surface area contributed by atoms with Crippen molar-refractivity contribution in [2.45, 2.75) is 6.42 Å². The second kappa shape index (κ2) is 4.09. The second-order valence-corrected chi connectivity index (χ2v) is 2.80. The normalized spacial score (nSPS) is 9.69. The molecule has 1 aromatic rings. The monoisotopic (exact) mass is 201 g/mol. The smallest absolute Gasteiger partial charge is 0.307 e. The van der Waals surface area contributed by atoms with Gasteiger partial charge in [-0.25, -0.2) is 4.98 Å². The number of halogens is 1. The molecule has 0 aliphatic heterocycles. The molecule has 5 heteroatoms. The fourth-order valence-electron chi connectivity index (χ4n) is 0.904. The van der Waals surface area contributed by atoms with Gasteiger partial charge in [0.1, 0.15) is 5.15 Å². The predicted octanol–water partition coefficient (Wildman–Crippen LogP) is 1.37. The van der Waals surface area contributed by atoms with E-state index in [1.54, 1.807) is 6.07 Å². The van der Waals surface area contributed by atoms with Crippen molar-refractivity contribution in [2.75, 3.05) is 7.11 Å². The Kier molecular flexibility index (Phi) is 3.08. The van der Waals surface area contributed by atoms with Crippen molar-refractivity contribution in [3.63, 3.8) is 0 Å². The average molecular weight is 202 g/mol. The molecular weight excluding hydrogens is 194 g/mol. The number of hydrogen-bond donors (Lipinski definition) is 1. The van der Waals surface area contributed by atoms with Crippen molar-refractivity contribution in [2.24, 2.45) is 0 Å². The fraction of sp³-hybridized carbons (Fsp3) is 0.250. The Labute approximate surface area is 80.1 Å². The lowest BCUT2D eigenvalue weighted by Crippen LogP contribution is -2.01. The van der Waals surface area contributed by atoms with Gasteiger partial charge in [0.05, 0.1) is 13.5 Å². The first kappa shape index (κ1) is 9.80. The molecule has 70 valence electrons. The number of nitrogens with zero attached hydrogens (tertiary/aromatic N) is 1. The molecule has 0 spiro atoms. The van der Waals surface area contributed by atoms with Gasteiger partial charge in [0.25, 0.3) is 0 Å². The van der Waals surface area contributed by atoms with Crippen LogP contribution < -0.4 is 4.74 Å². The van der Waals surface area contributed by atoms with Crippen molar-refractivity contribution in [3.05, 3.63) is 22.8 Å². The predicted molar refractivity (Wildman–Crippen MR) is 47.1 cm³/mol. The Bertz CT molecular complexity index is 327. The molecule has 0 saturated heterocycles. The lowest BCUT2D eigenvalue weighted by atomic mass is 10.2. The quantitative estimate of drug-likeness (QED) is 0.751. The van der Waals surface area contributed by atoms with Gasteiger partial charge in [-0.3, -0.25) is 4.79 Å². The zero-order valence-corrected chi connectivity index (χ0v) is 7.71. The topological polar surface area (TPSA) is 59.4 Å². The van der Waals surface area contributed by atoms with Gasteiger partial charge < -0.3 is 9.84 Å². The van der Waals surface area contributed by atoms with Gasteiger partial charge in [-0.15, -0.1) is 0 Å². The Morgan fingerprint density at radius 2 is 2.38 bits per heavy atom. The highest BCUT2D eigenvalue weighted by Gasteiger charge is 2.04. The number of rotatable bonds is 3. The van der Waals surface area contributed by atoms with Gasteiger partial charge in [-0.1, -0.05) is 11.6 Å². The van der Waals surface area contributed by atoms with E-state index in [1.807, 2.05) is 0 Å². The third kappa shape index (κ3) is 2.91. The first-order valence-electron chi connectivity index (χ1n) is 3.54. The van der Waals surface area contributed by atoms with Crippen LogP contribution in [0.4, 0.5) is 0 Å². The highest BCUT2D eigenvalue weighted by Crippen LogP contribution is 2.16. The minimum absolute atomic E-state index is 0.0847. The lowest BCUT2D eigenvalue weighted by molar-refractivity contribution is -0.136. The number of carboxylic acids is 1. The molecule has 1 heterocycles. The van der Waals surface area contributed by atoms with E-state index < -0.39 is 5.97 Å². The third-order valence-corrected chi connectivity index (χ3v) is 1.59. The third-order valence-electron chi connectivity index (χ3n) is 1.39. The summed E-state index contributed by atoms with van der Waals surface area (Å²) in [6, 6.07) is 3.04. The van der Waals surface area contributed by atoms with Gasteiger partial charge in [0.15, 0.2) is 0 Å². The fourth-order valence-corrected chi connectivity index (χ4v) is 1.13. The van der Waals surface area contributed by atoms with Crippen molar-refractivity contribution in [1.29, 1.82) is 0 Å². The second-order valence-electron chi connectivity index (χ2n) is 2.41. The van der Waals surface area contributed by atoms with Gasteiger partial charge in [0.2, 0.25) is 5.88 Å². The number of aliphatic carboxylic acids is 1. The minimum Gasteiger partial charge on any atom is -0.481 e. The summed E-state index contributed by atoms with van der Waals surface area (Å²) < 4.78 is 4.83. The summed E-state index contributed by atoms with van der Waals surface area (Å²) in [6.07, 6.45) is -0.0847. The molecular formula is C8H8ClNO3. The van der Waals surface area contributed by atoms with E-state index in [9.17, 15) is 4.79 Å². The summed E-state index contributed by atoms with van der Waals surface area (Å²) in [6.45, 7) is 0. The molecule has 0 saturated carbocycles. The molecule has 1 aromatic heterocycles. The number of carboxylic acid groups (broad SMARTS) is 1. The van der Waals surface area contributed by atoms with Crippen LogP contribution in [0.5, 0.6) is 5.88 Å². The molecule has 1 N–H and O–H groups in total. The van der Waals surface area contributed by atoms with Crippen LogP contribution in [-0.2, 0) is 11.2 Å². The van der Waals surface area contributed by atoms with Crippen LogP contribution in [0.2, 0.25) is 5.15 Å². The van der Waals surface area contributed by atoms with E-state index in [4.69, 9.17) is 21.4 Å². The van der Waals surface area contributed by atoms with Crippen LogP contribution in [0.15, 0.2) is 12.1 Å². The molecule has 0 aromatic carbocycles. The Morgan fingerprint density at radius 3 is 2.92 bits per heavy atom. The Morgan fingerprint density at radius 1 is 1.69 bits per heavy atom. The van der Waals surface area contributed by atoms with Gasteiger partial charge >= 0.3 is 5.97 Å². The van der Waals surface area contributed by atoms with Crippen molar-refractivity contribution in [1.82, 2.24) is 4.98 Å². The van der Waals surface area contributed by atoms with Crippen molar-refractivity contribution < 1.29 is 14.6 Å². The maximum Gasteiger partial charge on any atom is 0.307 e. The first-order valence-corrected chi connectivity index (χ1v) is 3.92. The van der Waals surface area contributed by atoms with E-state index in [2.05, 4.69) is 4.98 Å². The average Bonchev–Trinajstić information content (AvgIpc) is 2.01. The number of hydrogen-bond acceptors (Lipinski definition) is 3. The number of pyridine rings is 1. The molecule has 0 fully saturated rings. The zero-order valence-electron chi connectivity index (χ0n) is 6.95. The van der Waals surface area contributed by atoms with Crippen LogP contribution in [0, 0.1) is 0 Å². The van der Waals surface area contributed by atoms with Crippen LogP contribution in [0.1, 0.15) is 5.56 Å². The molecule has 0 radical (unpaired) electrons. The molecule has 0 amide bonds. The number of aromatic nitrogens is 1. The molecule has 0 unspecified atom stereocenters. The van der Waals surface area contributed by atoms with E-state index >= 15 is 0 Å². The van der Waals surface area contributed by atoms with E-state index in [-0.39, 0.29) is 11.6 Å². The lowest BCUT2D eigenvalue weighted by Gasteiger charge is -2.02. The first-order chi connectivity index (χ1) is 6.11. The molecule has 4 nitrogen and oxygen atoms in total. The van der Waals surface area contributed by atoms with Crippen LogP contribution in [-0.4, -0.2) is 23.2 Å². The van der Waals surface area contributed by atoms with Crippen LogP contribution in [0.25, 0.3) is 0 Å². The standard InChI is InChI=1S/C8H8ClNO3/c1-13-7-3-5(4-8(11)12)2-6(9)10-7/h2-3H,4H2,1H3,(H,11,12). The Hall–Kier alpha value is -1.29. The largest absolute Gasteiger partial charge is 0.481 e. The summed E-state index contributed by atoms with van der Waals surface area (Å²) in [7, 11) is 1.45. The summed E-state index contributed by atoms with van der Waals surface area (Å²) in [5, 5.41) is 8.75. The van der Waals surface area contributed by atoms with Crippen LogP contribution >= 0.6 is 11.6 Å². The number of carbonyl (C=O) groups is 1. The summed E-state index contributed by atoms with van der Waals surface area (Å²) in [4.78, 5) is 14.2. The SMILES string of the molecule is COc1cc(CC(=O)O)cc(Cl)n1. The summed E-state index contributed by atoms with van der Waals surface area (Å²) in [5.41, 5.74) is 0.573. The van der Waals surface area contributed by atoms with E-state index in [0.717, 1.165) is 0 Å². The van der Waals surface area contributed by atoms with Crippen molar-refractivity contribution >= 4 is 17.6 Å². The van der Waals surface area contributed by atoms with Crippen molar-refractivity contribution in [3.8, 4) is 5.88 Å². The number of ether oxygens (including phenoxy) is 1. The molecule has 1 rings (SSSR count). The number of methoxy groups -OCH3 is 1.